The Balaban J connectivity index is 2.57. The second-order valence-electron chi connectivity index (χ2n) is 4.79. The van der Waals surface area contributed by atoms with Gasteiger partial charge in [-0.2, -0.15) is 5.26 Å². The van der Waals surface area contributed by atoms with Gasteiger partial charge in [0.05, 0.1) is 18.2 Å². The van der Waals surface area contributed by atoms with Crippen molar-refractivity contribution in [1.82, 2.24) is 0 Å². The summed E-state index contributed by atoms with van der Waals surface area (Å²) >= 11 is 5.89. The smallest absolute Gasteiger partial charge is 0.338 e. The third-order valence-corrected chi connectivity index (χ3v) is 3.68. The SMILES string of the molecule is CCOC(=O)C1=C(C)OC(=N)C(C#N)C1c1ccc(Cl)cc1. The molecule has 1 aliphatic rings. The van der Waals surface area contributed by atoms with Crippen LogP contribution in [0.15, 0.2) is 35.6 Å². The van der Waals surface area contributed by atoms with Crippen LogP contribution in [0.1, 0.15) is 25.3 Å². The molecule has 0 aromatic heterocycles. The largest absolute Gasteiger partial charge is 0.463 e. The standard InChI is InChI=1S/C16H15ClN2O3/c1-3-21-16(20)13-9(2)22-15(19)12(8-18)14(13)10-4-6-11(17)7-5-10/h4-7,12,14,19H,3H2,1-2H3. The van der Waals surface area contributed by atoms with E-state index >= 15 is 0 Å². The third kappa shape index (κ3) is 2.97. The molecule has 0 fully saturated rings. The minimum absolute atomic E-state index is 0.173. The van der Waals surface area contributed by atoms with Gasteiger partial charge in [-0.3, -0.25) is 5.41 Å². The molecule has 0 spiro atoms. The number of allylic oxidation sites excluding steroid dienone is 1. The van der Waals surface area contributed by atoms with Crippen LogP contribution in [0.3, 0.4) is 0 Å². The third-order valence-electron chi connectivity index (χ3n) is 3.43. The van der Waals surface area contributed by atoms with Crippen molar-refractivity contribution in [3.8, 4) is 6.07 Å². The molecule has 1 N–H and O–H groups in total. The molecule has 2 unspecified atom stereocenters. The number of carbonyl (C=O) groups excluding carboxylic acids is 1. The zero-order chi connectivity index (χ0) is 16.3. The number of hydrogen-bond donors (Lipinski definition) is 1. The topological polar surface area (TPSA) is 83.2 Å². The average molecular weight is 319 g/mol. The van der Waals surface area contributed by atoms with Crippen molar-refractivity contribution in [1.29, 1.82) is 10.7 Å². The Morgan fingerprint density at radius 3 is 2.64 bits per heavy atom. The van der Waals surface area contributed by atoms with Gasteiger partial charge < -0.3 is 9.47 Å². The van der Waals surface area contributed by atoms with Crippen LogP contribution in [0.25, 0.3) is 0 Å². The molecule has 2 rings (SSSR count). The maximum absolute atomic E-state index is 12.3. The summed E-state index contributed by atoms with van der Waals surface area (Å²) < 4.78 is 10.3. The van der Waals surface area contributed by atoms with Gasteiger partial charge in [0.15, 0.2) is 0 Å². The van der Waals surface area contributed by atoms with Gasteiger partial charge in [0.2, 0.25) is 5.90 Å². The molecule has 1 heterocycles. The first-order valence-electron chi connectivity index (χ1n) is 6.78. The molecule has 6 heteroatoms. The fourth-order valence-electron chi connectivity index (χ4n) is 2.46. The van der Waals surface area contributed by atoms with Crippen LogP contribution < -0.4 is 0 Å². The maximum atomic E-state index is 12.3. The molecule has 0 amide bonds. The zero-order valence-electron chi connectivity index (χ0n) is 12.2. The number of nitrogens with zero attached hydrogens (tertiary/aromatic N) is 1. The van der Waals surface area contributed by atoms with Crippen LogP contribution >= 0.6 is 11.6 Å². The minimum atomic E-state index is -0.885. The summed E-state index contributed by atoms with van der Waals surface area (Å²) in [6, 6.07) is 8.88. The molecular formula is C16H15ClN2O3. The Kier molecular flexibility index (Phi) is 4.84. The van der Waals surface area contributed by atoms with E-state index in [1.54, 1.807) is 38.1 Å². The molecule has 1 aliphatic heterocycles. The highest BCUT2D eigenvalue weighted by Gasteiger charge is 2.41. The normalized spacial score (nSPS) is 21.1. The first-order valence-corrected chi connectivity index (χ1v) is 7.16. The van der Waals surface area contributed by atoms with Gasteiger partial charge in [-0.25, -0.2) is 4.79 Å². The molecule has 1 aromatic rings. The quantitative estimate of drug-likeness (QED) is 0.866. The first-order chi connectivity index (χ1) is 10.5. The van der Waals surface area contributed by atoms with Crippen LogP contribution in [0.4, 0.5) is 0 Å². The van der Waals surface area contributed by atoms with Crippen LogP contribution in [-0.2, 0) is 14.3 Å². The lowest BCUT2D eigenvalue weighted by molar-refractivity contribution is -0.139. The molecule has 0 radical (unpaired) electrons. The van der Waals surface area contributed by atoms with E-state index in [1.165, 1.54) is 0 Å². The molecule has 22 heavy (non-hydrogen) atoms. The van der Waals surface area contributed by atoms with Crippen LogP contribution in [0, 0.1) is 22.7 Å². The van der Waals surface area contributed by atoms with E-state index in [0.29, 0.717) is 10.6 Å². The fourth-order valence-corrected chi connectivity index (χ4v) is 2.59. The van der Waals surface area contributed by atoms with Crippen molar-refractivity contribution in [2.75, 3.05) is 6.61 Å². The predicted octanol–water partition coefficient (Wildman–Crippen LogP) is 3.41. The summed E-state index contributed by atoms with van der Waals surface area (Å²) in [7, 11) is 0. The van der Waals surface area contributed by atoms with Crippen molar-refractivity contribution < 1.29 is 14.3 Å². The number of halogens is 1. The van der Waals surface area contributed by atoms with Gasteiger partial charge >= 0.3 is 5.97 Å². The summed E-state index contributed by atoms with van der Waals surface area (Å²) in [5.41, 5.74) is 0.984. The van der Waals surface area contributed by atoms with E-state index in [9.17, 15) is 10.1 Å². The highest BCUT2D eigenvalue weighted by atomic mass is 35.5. The van der Waals surface area contributed by atoms with E-state index < -0.39 is 17.8 Å². The van der Waals surface area contributed by atoms with Crippen molar-refractivity contribution in [3.05, 3.63) is 46.2 Å². The molecular weight excluding hydrogens is 304 g/mol. The Hall–Kier alpha value is -2.32. The van der Waals surface area contributed by atoms with Gasteiger partial charge in [0.1, 0.15) is 11.7 Å². The first kappa shape index (κ1) is 16.1. The predicted molar refractivity (Wildman–Crippen MR) is 81.4 cm³/mol. The van der Waals surface area contributed by atoms with Crippen LogP contribution in [0.5, 0.6) is 0 Å². The number of hydrogen-bond acceptors (Lipinski definition) is 5. The minimum Gasteiger partial charge on any atom is -0.463 e. The average Bonchev–Trinajstić information content (AvgIpc) is 2.47. The van der Waals surface area contributed by atoms with E-state index in [4.69, 9.17) is 26.5 Å². The highest BCUT2D eigenvalue weighted by molar-refractivity contribution is 6.30. The van der Waals surface area contributed by atoms with Gasteiger partial charge in [-0.05, 0) is 31.5 Å². The highest BCUT2D eigenvalue weighted by Crippen LogP contribution is 2.39. The summed E-state index contributed by atoms with van der Waals surface area (Å²) in [5.74, 6) is -1.91. The zero-order valence-corrected chi connectivity index (χ0v) is 13.0. The van der Waals surface area contributed by atoms with E-state index in [0.717, 1.165) is 0 Å². The van der Waals surface area contributed by atoms with Crippen molar-refractivity contribution in [2.45, 2.75) is 19.8 Å². The lowest BCUT2D eigenvalue weighted by Gasteiger charge is -2.30. The number of rotatable bonds is 3. The lowest BCUT2D eigenvalue weighted by atomic mass is 9.79. The lowest BCUT2D eigenvalue weighted by Crippen LogP contribution is -2.33. The monoisotopic (exact) mass is 318 g/mol. The van der Waals surface area contributed by atoms with Crippen molar-refractivity contribution in [2.24, 2.45) is 5.92 Å². The van der Waals surface area contributed by atoms with E-state index in [-0.39, 0.29) is 23.8 Å². The summed E-state index contributed by atoms with van der Waals surface area (Å²) in [6.45, 7) is 3.52. The summed E-state index contributed by atoms with van der Waals surface area (Å²) in [5, 5.41) is 17.8. The summed E-state index contributed by atoms with van der Waals surface area (Å²) in [4.78, 5) is 12.3. The molecule has 0 aliphatic carbocycles. The second-order valence-corrected chi connectivity index (χ2v) is 5.23. The molecule has 0 saturated heterocycles. The Labute approximate surface area is 133 Å². The van der Waals surface area contributed by atoms with Crippen LogP contribution in [-0.4, -0.2) is 18.5 Å². The molecule has 1 aromatic carbocycles. The van der Waals surface area contributed by atoms with Gasteiger partial charge in [-0.15, -0.1) is 0 Å². The Morgan fingerprint density at radius 1 is 1.45 bits per heavy atom. The second kappa shape index (κ2) is 6.63. The van der Waals surface area contributed by atoms with E-state index in [1.807, 2.05) is 6.07 Å². The number of carbonyl (C=O) groups is 1. The van der Waals surface area contributed by atoms with E-state index in [2.05, 4.69) is 0 Å². The number of nitrogens with one attached hydrogen (secondary N) is 1. The number of esters is 1. The van der Waals surface area contributed by atoms with Gasteiger partial charge in [-0.1, -0.05) is 23.7 Å². The summed E-state index contributed by atoms with van der Waals surface area (Å²) in [6.07, 6.45) is 0. The molecule has 0 bridgehead atoms. The van der Waals surface area contributed by atoms with Gasteiger partial charge in [0, 0.05) is 10.9 Å². The van der Waals surface area contributed by atoms with Crippen LogP contribution in [0.2, 0.25) is 5.02 Å². The van der Waals surface area contributed by atoms with Gasteiger partial charge in [0.25, 0.3) is 0 Å². The number of nitriles is 1. The Bertz CT molecular complexity index is 674. The maximum Gasteiger partial charge on any atom is 0.338 e. The molecule has 114 valence electrons. The molecule has 2 atom stereocenters. The number of ether oxygens (including phenoxy) is 2. The number of benzene rings is 1. The Morgan fingerprint density at radius 2 is 2.09 bits per heavy atom. The molecule has 5 nitrogen and oxygen atoms in total. The molecule has 0 saturated carbocycles. The fraction of sp³-hybridized carbons (Fsp3) is 0.312. The van der Waals surface area contributed by atoms with Crippen molar-refractivity contribution >= 4 is 23.5 Å². The van der Waals surface area contributed by atoms with Crippen molar-refractivity contribution in [3.63, 3.8) is 0 Å².